The van der Waals surface area contributed by atoms with Gasteiger partial charge in [0.15, 0.2) is 0 Å². The molecule has 0 amide bonds. The highest BCUT2D eigenvalue weighted by molar-refractivity contribution is 5.52. The molecule has 0 aromatic carbocycles. The monoisotopic (exact) mass is 235 g/mol. The van der Waals surface area contributed by atoms with Crippen LogP contribution in [0.15, 0.2) is 6.07 Å². The lowest BCUT2D eigenvalue weighted by Gasteiger charge is -2.23. The van der Waals surface area contributed by atoms with E-state index >= 15 is 0 Å². The first-order valence-corrected chi connectivity index (χ1v) is 6.07. The van der Waals surface area contributed by atoms with Crippen LogP contribution >= 0.6 is 0 Å². The van der Waals surface area contributed by atoms with E-state index in [1.807, 2.05) is 13.8 Å². The van der Waals surface area contributed by atoms with E-state index in [-0.39, 0.29) is 0 Å². The lowest BCUT2D eigenvalue weighted by Crippen LogP contribution is -2.31. The maximum atomic E-state index is 10.0. The number of aliphatic hydroxyl groups is 1. The molecule has 1 saturated heterocycles. The summed E-state index contributed by atoms with van der Waals surface area (Å²) in [4.78, 5) is 6.73. The van der Waals surface area contributed by atoms with Crippen molar-refractivity contribution >= 4 is 5.82 Å². The van der Waals surface area contributed by atoms with Crippen molar-refractivity contribution in [1.29, 1.82) is 0 Å². The van der Waals surface area contributed by atoms with Crippen molar-refractivity contribution in [2.45, 2.75) is 39.3 Å². The largest absolute Gasteiger partial charge is 0.388 e. The Morgan fingerprint density at radius 1 is 1.53 bits per heavy atom. The molecule has 0 spiro atoms. The predicted molar refractivity (Wildman–Crippen MR) is 69.1 cm³/mol. The highest BCUT2D eigenvalue weighted by Crippen LogP contribution is 2.29. The fourth-order valence-corrected chi connectivity index (χ4v) is 2.48. The second-order valence-corrected chi connectivity index (χ2v) is 5.26. The van der Waals surface area contributed by atoms with Crippen LogP contribution in [-0.4, -0.2) is 28.8 Å². The Hall–Kier alpha value is -1.13. The fraction of sp³-hybridized carbons (Fsp3) is 0.615. The van der Waals surface area contributed by atoms with Crippen LogP contribution in [0, 0.1) is 13.8 Å². The smallest absolute Gasteiger partial charge is 0.133 e. The standard InChI is InChI=1S/C13H21N3O/c1-9-6-10(2)15-12(11(9)7-14)16-5-4-13(3,17)8-16/h6,17H,4-5,7-8,14H2,1-3H3. The maximum absolute atomic E-state index is 10.0. The quantitative estimate of drug-likeness (QED) is 0.806. The second-order valence-electron chi connectivity index (χ2n) is 5.26. The normalized spacial score (nSPS) is 24.4. The molecule has 94 valence electrons. The van der Waals surface area contributed by atoms with Crippen molar-refractivity contribution in [3.8, 4) is 0 Å². The Bertz CT molecular complexity index is 429. The van der Waals surface area contributed by atoms with E-state index in [0.29, 0.717) is 13.1 Å². The maximum Gasteiger partial charge on any atom is 0.133 e. The molecule has 0 aliphatic carbocycles. The van der Waals surface area contributed by atoms with Gasteiger partial charge in [-0.05, 0) is 38.8 Å². The summed E-state index contributed by atoms with van der Waals surface area (Å²) < 4.78 is 0. The first-order chi connectivity index (χ1) is 7.93. The van der Waals surface area contributed by atoms with Gasteiger partial charge in [-0.2, -0.15) is 0 Å². The molecule has 1 aromatic heterocycles. The lowest BCUT2D eigenvalue weighted by molar-refractivity contribution is 0.0839. The summed E-state index contributed by atoms with van der Waals surface area (Å²) in [5.41, 5.74) is 8.48. The number of hydrogen-bond donors (Lipinski definition) is 2. The molecule has 1 aromatic rings. The molecule has 1 aliphatic rings. The summed E-state index contributed by atoms with van der Waals surface area (Å²) in [5.74, 6) is 0.947. The van der Waals surface area contributed by atoms with Gasteiger partial charge in [0.1, 0.15) is 5.82 Å². The van der Waals surface area contributed by atoms with Crippen molar-refractivity contribution < 1.29 is 5.11 Å². The third kappa shape index (κ3) is 2.42. The Morgan fingerprint density at radius 2 is 2.24 bits per heavy atom. The van der Waals surface area contributed by atoms with E-state index in [1.54, 1.807) is 0 Å². The van der Waals surface area contributed by atoms with Gasteiger partial charge in [-0.25, -0.2) is 4.98 Å². The Kier molecular flexibility index (Phi) is 3.10. The van der Waals surface area contributed by atoms with Crippen LogP contribution in [0.1, 0.15) is 30.2 Å². The van der Waals surface area contributed by atoms with Crippen molar-refractivity contribution in [2.24, 2.45) is 5.73 Å². The predicted octanol–water partition coefficient (Wildman–Crippen LogP) is 1.12. The number of rotatable bonds is 2. The zero-order valence-electron chi connectivity index (χ0n) is 10.8. The number of aryl methyl sites for hydroxylation is 2. The van der Waals surface area contributed by atoms with Crippen LogP contribution in [0.3, 0.4) is 0 Å². The van der Waals surface area contributed by atoms with Gasteiger partial charge in [0.2, 0.25) is 0 Å². The van der Waals surface area contributed by atoms with Crippen LogP contribution in [0.5, 0.6) is 0 Å². The van der Waals surface area contributed by atoms with Gasteiger partial charge < -0.3 is 15.7 Å². The van der Waals surface area contributed by atoms with E-state index < -0.39 is 5.60 Å². The van der Waals surface area contributed by atoms with Gasteiger partial charge in [0.25, 0.3) is 0 Å². The van der Waals surface area contributed by atoms with Gasteiger partial charge in [-0.3, -0.25) is 0 Å². The van der Waals surface area contributed by atoms with Crippen molar-refractivity contribution in [2.75, 3.05) is 18.0 Å². The zero-order valence-corrected chi connectivity index (χ0v) is 10.8. The summed E-state index contributed by atoms with van der Waals surface area (Å²) in [6.07, 6.45) is 0.783. The molecule has 3 N–H and O–H groups in total. The molecule has 1 atom stereocenters. The van der Waals surface area contributed by atoms with Crippen LogP contribution < -0.4 is 10.6 Å². The molecule has 2 rings (SSSR count). The summed E-state index contributed by atoms with van der Waals surface area (Å²) in [5, 5.41) is 10.0. The van der Waals surface area contributed by atoms with Crippen LogP contribution in [0.2, 0.25) is 0 Å². The van der Waals surface area contributed by atoms with Gasteiger partial charge in [-0.15, -0.1) is 0 Å². The molecule has 0 bridgehead atoms. The molecule has 2 heterocycles. The van der Waals surface area contributed by atoms with E-state index in [2.05, 4.69) is 22.9 Å². The summed E-state index contributed by atoms with van der Waals surface area (Å²) in [7, 11) is 0. The summed E-state index contributed by atoms with van der Waals surface area (Å²) >= 11 is 0. The number of aromatic nitrogens is 1. The molecule has 4 heteroatoms. The van der Waals surface area contributed by atoms with Crippen molar-refractivity contribution in [1.82, 2.24) is 4.98 Å². The molecule has 0 radical (unpaired) electrons. The van der Waals surface area contributed by atoms with Gasteiger partial charge in [-0.1, -0.05) is 0 Å². The Morgan fingerprint density at radius 3 is 2.76 bits per heavy atom. The molecule has 17 heavy (non-hydrogen) atoms. The average molecular weight is 235 g/mol. The molecule has 1 fully saturated rings. The minimum Gasteiger partial charge on any atom is -0.388 e. The van der Waals surface area contributed by atoms with E-state index in [0.717, 1.165) is 30.0 Å². The van der Waals surface area contributed by atoms with Crippen LogP contribution in [0.25, 0.3) is 0 Å². The molecule has 0 saturated carbocycles. The third-order valence-electron chi connectivity index (χ3n) is 3.41. The summed E-state index contributed by atoms with van der Waals surface area (Å²) in [6.45, 7) is 7.90. The van der Waals surface area contributed by atoms with Gasteiger partial charge >= 0.3 is 0 Å². The minimum atomic E-state index is -0.606. The summed E-state index contributed by atoms with van der Waals surface area (Å²) in [6, 6.07) is 2.06. The molecule has 1 aliphatic heterocycles. The number of pyridine rings is 1. The average Bonchev–Trinajstić information content (AvgIpc) is 2.57. The van der Waals surface area contributed by atoms with Crippen LogP contribution in [-0.2, 0) is 6.54 Å². The highest BCUT2D eigenvalue weighted by Gasteiger charge is 2.33. The number of nitrogens with zero attached hydrogens (tertiary/aromatic N) is 2. The Balaban J connectivity index is 2.38. The number of β-amino-alcohol motifs (C(OH)–C–C–N with tert-alkyl or cyclic N) is 1. The minimum absolute atomic E-state index is 0.493. The van der Waals surface area contributed by atoms with E-state index in [9.17, 15) is 5.11 Å². The SMILES string of the molecule is Cc1cc(C)c(CN)c(N2CCC(C)(O)C2)n1. The topological polar surface area (TPSA) is 62.4 Å². The third-order valence-corrected chi connectivity index (χ3v) is 3.41. The second kappa shape index (κ2) is 4.27. The van der Waals surface area contributed by atoms with Crippen LogP contribution in [0.4, 0.5) is 5.82 Å². The first kappa shape index (κ1) is 12.3. The number of anilines is 1. The highest BCUT2D eigenvalue weighted by atomic mass is 16.3. The van der Waals surface area contributed by atoms with E-state index in [1.165, 1.54) is 5.56 Å². The lowest BCUT2D eigenvalue weighted by atomic mass is 10.1. The first-order valence-electron chi connectivity index (χ1n) is 6.07. The van der Waals surface area contributed by atoms with Crippen molar-refractivity contribution in [3.63, 3.8) is 0 Å². The van der Waals surface area contributed by atoms with E-state index in [4.69, 9.17) is 5.73 Å². The fourth-order valence-electron chi connectivity index (χ4n) is 2.48. The molecular weight excluding hydrogens is 214 g/mol. The molecule has 4 nitrogen and oxygen atoms in total. The molecular formula is C13H21N3O. The Labute approximate surface area is 102 Å². The van der Waals surface area contributed by atoms with Gasteiger partial charge in [0.05, 0.1) is 5.60 Å². The van der Waals surface area contributed by atoms with Gasteiger partial charge in [0, 0.05) is 30.9 Å². The number of hydrogen-bond acceptors (Lipinski definition) is 4. The number of nitrogens with two attached hydrogens (primary N) is 1. The zero-order chi connectivity index (χ0) is 12.6. The van der Waals surface area contributed by atoms with Crippen molar-refractivity contribution in [3.05, 3.63) is 22.9 Å². The molecule has 1 unspecified atom stereocenters.